The van der Waals surface area contributed by atoms with Crippen LogP contribution in [-0.4, -0.2) is 50.4 Å². The first-order valence-electron chi connectivity index (χ1n) is 12.1. The Morgan fingerprint density at radius 1 is 1.11 bits per heavy atom. The van der Waals surface area contributed by atoms with Crippen LogP contribution in [0.1, 0.15) is 74.5 Å². The van der Waals surface area contributed by atoms with E-state index >= 15 is 0 Å². The fourth-order valence-corrected chi connectivity index (χ4v) is 4.84. The molecule has 3 heterocycles. The molecule has 1 aromatic carbocycles. The van der Waals surface area contributed by atoms with Crippen molar-refractivity contribution in [1.29, 1.82) is 0 Å². The number of carbonyl (C=O) groups is 2. The van der Waals surface area contributed by atoms with Gasteiger partial charge in [0, 0.05) is 30.4 Å². The van der Waals surface area contributed by atoms with Gasteiger partial charge in [0.1, 0.15) is 15.9 Å². The van der Waals surface area contributed by atoms with Gasteiger partial charge in [-0.15, -0.1) is 0 Å². The number of likely N-dealkylation sites (tertiary alicyclic amines) is 1. The van der Waals surface area contributed by atoms with Crippen molar-refractivity contribution in [3.8, 4) is 0 Å². The molecule has 1 aliphatic heterocycles. The van der Waals surface area contributed by atoms with Crippen LogP contribution in [0.15, 0.2) is 41.1 Å². The number of hydrogen-bond acceptors (Lipinski definition) is 5. The first-order valence-corrected chi connectivity index (χ1v) is 12.9. The summed E-state index contributed by atoms with van der Waals surface area (Å²) < 4.78 is 8.16. The van der Waals surface area contributed by atoms with Crippen LogP contribution in [0.4, 0.5) is 10.5 Å². The molecular formula is C26H30BrN5O3. The van der Waals surface area contributed by atoms with E-state index < -0.39 is 5.60 Å². The predicted molar refractivity (Wildman–Crippen MR) is 138 cm³/mol. The van der Waals surface area contributed by atoms with E-state index in [0.29, 0.717) is 29.3 Å². The zero-order valence-corrected chi connectivity index (χ0v) is 21.8. The van der Waals surface area contributed by atoms with Gasteiger partial charge in [0.25, 0.3) is 5.91 Å². The lowest BCUT2D eigenvalue weighted by atomic mass is 10.1. The molecule has 1 saturated carbocycles. The third kappa shape index (κ3) is 5.50. The Morgan fingerprint density at radius 2 is 1.86 bits per heavy atom. The average molecular weight is 540 g/mol. The fraction of sp³-hybridized carbons (Fsp3) is 0.462. The van der Waals surface area contributed by atoms with Gasteiger partial charge in [0.2, 0.25) is 0 Å². The van der Waals surface area contributed by atoms with Crippen LogP contribution in [-0.2, 0) is 4.74 Å². The van der Waals surface area contributed by atoms with Gasteiger partial charge < -0.3 is 15.0 Å². The van der Waals surface area contributed by atoms with Crippen LogP contribution in [0.5, 0.6) is 0 Å². The zero-order valence-electron chi connectivity index (χ0n) is 20.3. The molecule has 0 radical (unpaired) electrons. The molecule has 0 atom stereocenters. The third-order valence-electron chi connectivity index (χ3n) is 6.40. The Hall–Kier alpha value is -2.94. The number of ether oxygens (including phenoxy) is 1. The van der Waals surface area contributed by atoms with Gasteiger partial charge in [0.05, 0.1) is 11.6 Å². The first kappa shape index (κ1) is 23.8. The van der Waals surface area contributed by atoms with Crippen molar-refractivity contribution in [3.63, 3.8) is 0 Å². The lowest BCUT2D eigenvalue weighted by molar-refractivity contribution is 0.0185. The molecule has 184 valence electrons. The molecule has 1 saturated heterocycles. The number of amides is 2. The van der Waals surface area contributed by atoms with Crippen molar-refractivity contribution >= 4 is 44.5 Å². The minimum atomic E-state index is -0.493. The van der Waals surface area contributed by atoms with Crippen LogP contribution >= 0.6 is 15.9 Å². The molecule has 2 aromatic heterocycles. The molecule has 35 heavy (non-hydrogen) atoms. The standard InChI is InChI=1S/C26H30BrN5O3/c1-26(2,3)35-25(34)31-11-9-18(10-12-31)32-15-17-13-22(19(16-7-8-16)14-21(17)30-32)29-24(33)20-5-4-6-23(27)28-20/h4-6,13-16,18H,7-12H2,1-3H3,(H,29,33). The van der Waals surface area contributed by atoms with E-state index in [0.717, 1.165) is 47.8 Å². The molecule has 8 nitrogen and oxygen atoms in total. The smallest absolute Gasteiger partial charge is 0.410 e. The van der Waals surface area contributed by atoms with Crippen molar-refractivity contribution in [3.05, 3.63) is 52.4 Å². The van der Waals surface area contributed by atoms with Crippen molar-refractivity contribution in [2.75, 3.05) is 18.4 Å². The summed E-state index contributed by atoms with van der Waals surface area (Å²) in [5.74, 6) is 0.224. The molecule has 3 aromatic rings. The largest absolute Gasteiger partial charge is 0.444 e. The highest BCUT2D eigenvalue weighted by Gasteiger charge is 2.30. The average Bonchev–Trinajstić information content (AvgIpc) is 3.56. The van der Waals surface area contributed by atoms with Crippen LogP contribution in [0, 0.1) is 0 Å². The second kappa shape index (κ2) is 9.26. The lowest BCUT2D eigenvalue weighted by Gasteiger charge is -2.33. The Balaban J connectivity index is 1.33. The Labute approximate surface area is 213 Å². The third-order valence-corrected chi connectivity index (χ3v) is 6.84. The van der Waals surface area contributed by atoms with Gasteiger partial charge in [-0.25, -0.2) is 9.78 Å². The molecule has 9 heteroatoms. The lowest BCUT2D eigenvalue weighted by Crippen LogP contribution is -2.42. The molecule has 2 fully saturated rings. The number of carbonyl (C=O) groups excluding carboxylic acids is 2. The van der Waals surface area contributed by atoms with Gasteiger partial charge in [-0.3, -0.25) is 9.48 Å². The zero-order chi connectivity index (χ0) is 24.7. The van der Waals surface area contributed by atoms with Crippen LogP contribution in [0.2, 0.25) is 0 Å². The van der Waals surface area contributed by atoms with Gasteiger partial charge in [-0.05, 0) is 98.1 Å². The molecule has 0 unspecified atom stereocenters. The Morgan fingerprint density at radius 3 is 2.51 bits per heavy atom. The first-order chi connectivity index (χ1) is 16.7. The summed E-state index contributed by atoms with van der Waals surface area (Å²) in [6.07, 6.45) is 5.67. The number of aromatic nitrogens is 3. The molecule has 5 rings (SSSR count). The van der Waals surface area contributed by atoms with Crippen molar-refractivity contribution in [1.82, 2.24) is 19.7 Å². The van der Waals surface area contributed by atoms with E-state index in [-0.39, 0.29) is 18.0 Å². The molecule has 0 bridgehead atoms. The number of anilines is 1. The van der Waals surface area contributed by atoms with E-state index in [4.69, 9.17) is 9.84 Å². The van der Waals surface area contributed by atoms with Crippen LogP contribution in [0.25, 0.3) is 10.9 Å². The SMILES string of the molecule is CC(C)(C)OC(=O)N1CCC(n2cc3cc(NC(=O)c4cccc(Br)n4)c(C4CC4)cc3n2)CC1. The number of hydrogen-bond donors (Lipinski definition) is 1. The Kier molecular flexibility index (Phi) is 6.29. The van der Waals surface area contributed by atoms with Crippen LogP contribution in [0.3, 0.4) is 0 Å². The summed E-state index contributed by atoms with van der Waals surface area (Å²) in [5.41, 5.74) is 2.76. The van der Waals surface area contributed by atoms with E-state index in [2.05, 4.69) is 32.3 Å². The fourth-order valence-electron chi connectivity index (χ4n) is 4.49. The van der Waals surface area contributed by atoms with Gasteiger partial charge in [-0.2, -0.15) is 5.10 Å². The van der Waals surface area contributed by atoms with Crippen LogP contribution < -0.4 is 5.32 Å². The van der Waals surface area contributed by atoms with Crippen molar-refractivity contribution in [2.24, 2.45) is 0 Å². The normalized spacial score (nSPS) is 17.0. The van der Waals surface area contributed by atoms with Gasteiger partial charge >= 0.3 is 6.09 Å². The molecule has 1 aliphatic carbocycles. The number of halogens is 1. The summed E-state index contributed by atoms with van der Waals surface area (Å²) in [6, 6.07) is 9.66. The number of benzene rings is 1. The van der Waals surface area contributed by atoms with E-state index in [1.54, 1.807) is 23.1 Å². The number of nitrogens with one attached hydrogen (secondary N) is 1. The predicted octanol–water partition coefficient (Wildman–Crippen LogP) is 5.90. The quantitative estimate of drug-likeness (QED) is 0.417. The van der Waals surface area contributed by atoms with Crippen molar-refractivity contribution in [2.45, 2.75) is 64.0 Å². The number of pyridine rings is 1. The monoisotopic (exact) mass is 539 g/mol. The minimum Gasteiger partial charge on any atom is -0.444 e. The number of fused-ring (bicyclic) bond motifs is 1. The number of piperidine rings is 1. The number of rotatable bonds is 4. The minimum absolute atomic E-state index is 0.217. The summed E-state index contributed by atoms with van der Waals surface area (Å²) in [6.45, 7) is 6.94. The number of nitrogens with zero attached hydrogens (tertiary/aromatic N) is 4. The second-order valence-electron chi connectivity index (χ2n) is 10.4. The maximum Gasteiger partial charge on any atom is 0.410 e. The van der Waals surface area contributed by atoms with Crippen molar-refractivity contribution < 1.29 is 14.3 Å². The highest BCUT2D eigenvalue weighted by atomic mass is 79.9. The summed E-state index contributed by atoms with van der Waals surface area (Å²) in [7, 11) is 0. The van der Waals surface area contributed by atoms with E-state index in [9.17, 15) is 9.59 Å². The molecule has 0 spiro atoms. The Bertz CT molecular complexity index is 1270. The summed E-state index contributed by atoms with van der Waals surface area (Å²) in [4.78, 5) is 31.3. The summed E-state index contributed by atoms with van der Waals surface area (Å²) in [5, 5.41) is 8.94. The maximum absolute atomic E-state index is 12.9. The van der Waals surface area contributed by atoms with Gasteiger partial charge in [-0.1, -0.05) is 6.07 Å². The maximum atomic E-state index is 12.9. The van der Waals surface area contributed by atoms with E-state index in [1.807, 2.05) is 37.7 Å². The molecule has 2 amide bonds. The molecule has 2 aliphatic rings. The van der Waals surface area contributed by atoms with E-state index in [1.165, 1.54) is 0 Å². The highest BCUT2D eigenvalue weighted by molar-refractivity contribution is 9.10. The topological polar surface area (TPSA) is 89.4 Å². The molecular weight excluding hydrogens is 510 g/mol. The second-order valence-corrected chi connectivity index (χ2v) is 11.2. The van der Waals surface area contributed by atoms with Gasteiger partial charge in [0.15, 0.2) is 0 Å². The molecule has 1 N–H and O–H groups in total. The highest BCUT2D eigenvalue weighted by Crippen LogP contribution is 2.45. The summed E-state index contributed by atoms with van der Waals surface area (Å²) >= 11 is 3.33.